The average Bonchev–Trinajstić information content (AvgIpc) is 2.61. The van der Waals surface area contributed by atoms with Crippen LogP contribution in [0.25, 0.3) is 11.1 Å². The predicted octanol–water partition coefficient (Wildman–Crippen LogP) is 5.29. The van der Waals surface area contributed by atoms with Crippen molar-refractivity contribution in [1.82, 2.24) is 0 Å². The molecule has 142 valence electrons. The van der Waals surface area contributed by atoms with Gasteiger partial charge < -0.3 is 10.5 Å². The van der Waals surface area contributed by atoms with Crippen LogP contribution in [0.3, 0.4) is 0 Å². The van der Waals surface area contributed by atoms with Gasteiger partial charge in [0.05, 0.1) is 17.7 Å². The highest BCUT2D eigenvalue weighted by Crippen LogP contribution is 2.48. The quantitative estimate of drug-likeness (QED) is 0.686. The van der Waals surface area contributed by atoms with E-state index in [4.69, 9.17) is 4.74 Å². The standard InChI is InChI=1S/C17H12F6O.CH5N/c18-16(19,20)12-7-2-8-13(17(21,22)23)14(12)11-6-1-4-10-5-3-9-24-15(10)11;1-2/h1-2,4,6-8H,3,5,9H2;2H2,1H3. The normalized spacial score (nSPS) is 14.0. The van der Waals surface area contributed by atoms with Crippen LogP contribution in [0.4, 0.5) is 26.3 Å². The van der Waals surface area contributed by atoms with Crippen LogP contribution in [0.15, 0.2) is 36.4 Å². The number of hydrogen-bond donors (Lipinski definition) is 1. The molecular weight excluding hydrogens is 360 g/mol. The van der Waals surface area contributed by atoms with Crippen LogP contribution < -0.4 is 10.5 Å². The summed E-state index contributed by atoms with van der Waals surface area (Å²) in [6, 6.07) is 6.44. The van der Waals surface area contributed by atoms with Crippen LogP contribution in [0.1, 0.15) is 23.1 Å². The second-order valence-corrected chi connectivity index (χ2v) is 5.47. The molecule has 2 aromatic rings. The lowest BCUT2D eigenvalue weighted by Gasteiger charge is -2.24. The number of hydrogen-bond acceptors (Lipinski definition) is 2. The van der Waals surface area contributed by atoms with Gasteiger partial charge in [-0.1, -0.05) is 24.3 Å². The molecule has 3 rings (SSSR count). The number of para-hydroxylation sites is 1. The Morgan fingerprint density at radius 2 is 1.38 bits per heavy atom. The van der Waals surface area contributed by atoms with Gasteiger partial charge in [-0.3, -0.25) is 0 Å². The molecule has 0 atom stereocenters. The van der Waals surface area contributed by atoms with Crippen molar-refractivity contribution in [3.8, 4) is 16.9 Å². The third-order valence-electron chi connectivity index (χ3n) is 3.88. The molecule has 1 aliphatic rings. The molecule has 0 amide bonds. The molecule has 26 heavy (non-hydrogen) atoms. The highest BCUT2D eigenvalue weighted by molar-refractivity contribution is 5.79. The molecule has 1 heterocycles. The van der Waals surface area contributed by atoms with Gasteiger partial charge in [-0.15, -0.1) is 0 Å². The number of alkyl halides is 6. The van der Waals surface area contributed by atoms with E-state index >= 15 is 0 Å². The molecule has 0 aromatic heterocycles. The highest BCUT2D eigenvalue weighted by atomic mass is 19.4. The summed E-state index contributed by atoms with van der Waals surface area (Å²) in [5, 5.41) is 0. The largest absolute Gasteiger partial charge is 0.493 e. The predicted molar refractivity (Wildman–Crippen MR) is 85.8 cm³/mol. The molecule has 0 saturated carbocycles. The van der Waals surface area contributed by atoms with Crippen LogP contribution in [0.5, 0.6) is 5.75 Å². The van der Waals surface area contributed by atoms with Crippen molar-refractivity contribution in [2.75, 3.05) is 13.7 Å². The molecule has 2 nitrogen and oxygen atoms in total. The zero-order valence-corrected chi connectivity index (χ0v) is 13.8. The van der Waals surface area contributed by atoms with E-state index in [1.807, 2.05) is 0 Å². The van der Waals surface area contributed by atoms with Gasteiger partial charge >= 0.3 is 12.4 Å². The van der Waals surface area contributed by atoms with E-state index in [2.05, 4.69) is 5.73 Å². The zero-order chi connectivity index (χ0) is 19.5. The Balaban J connectivity index is 0.00000117. The number of aryl methyl sites for hydroxylation is 1. The molecule has 0 radical (unpaired) electrons. The maximum Gasteiger partial charge on any atom is 0.417 e. The maximum absolute atomic E-state index is 13.3. The fourth-order valence-corrected chi connectivity index (χ4v) is 2.90. The van der Waals surface area contributed by atoms with Gasteiger partial charge in [-0.2, -0.15) is 26.3 Å². The van der Waals surface area contributed by atoms with E-state index in [1.54, 1.807) is 6.07 Å². The Morgan fingerprint density at radius 1 is 0.846 bits per heavy atom. The first-order valence-electron chi connectivity index (χ1n) is 7.80. The average molecular weight is 377 g/mol. The first-order chi connectivity index (χ1) is 12.2. The van der Waals surface area contributed by atoms with E-state index in [-0.39, 0.29) is 17.9 Å². The smallest absolute Gasteiger partial charge is 0.417 e. The second-order valence-electron chi connectivity index (χ2n) is 5.47. The summed E-state index contributed by atoms with van der Waals surface area (Å²) in [5.74, 6) is 0.103. The van der Waals surface area contributed by atoms with Gasteiger partial charge in [0, 0.05) is 11.1 Å². The van der Waals surface area contributed by atoms with Crippen molar-refractivity contribution in [3.05, 3.63) is 53.1 Å². The lowest BCUT2D eigenvalue weighted by Crippen LogP contribution is -2.16. The van der Waals surface area contributed by atoms with Gasteiger partial charge in [0.2, 0.25) is 0 Å². The molecular formula is C18H17F6NO. The molecule has 0 spiro atoms. The molecule has 1 aliphatic heterocycles. The summed E-state index contributed by atoms with van der Waals surface area (Å²) in [5.41, 5.74) is 1.42. The summed E-state index contributed by atoms with van der Waals surface area (Å²) in [6.07, 6.45) is -8.59. The molecule has 0 bridgehead atoms. The third-order valence-corrected chi connectivity index (χ3v) is 3.88. The lowest BCUT2D eigenvalue weighted by atomic mass is 9.90. The summed E-state index contributed by atoms with van der Waals surface area (Å²) in [7, 11) is 1.50. The van der Waals surface area contributed by atoms with E-state index in [0.717, 1.165) is 6.07 Å². The van der Waals surface area contributed by atoms with Crippen molar-refractivity contribution in [2.24, 2.45) is 5.73 Å². The van der Waals surface area contributed by atoms with Gasteiger partial charge in [0.1, 0.15) is 5.75 Å². The van der Waals surface area contributed by atoms with Crippen molar-refractivity contribution in [3.63, 3.8) is 0 Å². The molecule has 2 N–H and O–H groups in total. The van der Waals surface area contributed by atoms with Gasteiger partial charge in [0.25, 0.3) is 0 Å². The Morgan fingerprint density at radius 3 is 1.92 bits per heavy atom. The number of fused-ring (bicyclic) bond motifs is 1. The third kappa shape index (κ3) is 3.95. The highest BCUT2D eigenvalue weighted by Gasteiger charge is 2.41. The summed E-state index contributed by atoms with van der Waals surface area (Å²) >= 11 is 0. The van der Waals surface area contributed by atoms with Crippen LogP contribution in [0.2, 0.25) is 0 Å². The van der Waals surface area contributed by atoms with E-state index in [9.17, 15) is 26.3 Å². The number of nitrogens with two attached hydrogens (primary N) is 1. The molecule has 8 heteroatoms. The summed E-state index contributed by atoms with van der Waals surface area (Å²) in [6.45, 7) is 0.263. The Bertz CT molecular complexity index is 735. The topological polar surface area (TPSA) is 35.2 Å². The van der Waals surface area contributed by atoms with E-state index < -0.39 is 29.0 Å². The SMILES string of the molecule is CN.FC(F)(F)c1cccc(C(F)(F)F)c1-c1cccc2c1OCCC2. The first kappa shape index (κ1) is 20.1. The fraction of sp³-hybridized carbons (Fsp3) is 0.333. The number of halogens is 6. The Hall–Kier alpha value is -2.22. The van der Waals surface area contributed by atoms with Crippen molar-refractivity contribution in [1.29, 1.82) is 0 Å². The Kier molecular flexibility index (Phi) is 5.85. The zero-order valence-electron chi connectivity index (χ0n) is 13.8. The van der Waals surface area contributed by atoms with Crippen molar-refractivity contribution in [2.45, 2.75) is 25.2 Å². The minimum atomic E-state index is -4.91. The molecule has 0 unspecified atom stereocenters. The Labute approximate surface area is 146 Å². The van der Waals surface area contributed by atoms with Crippen LogP contribution in [0, 0.1) is 0 Å². The minimum absolute atomic E-state index is 0.103. The minimum Gasteiger partial charge on any atom is -0.493 e. The van der Waals surface area contributed by atoms with Crippen LogP contribution in [-0.4, -0.2) is 13.7 Å². The van der Waals surface area contributed by atoms with Gasteiger partial charge in [-0.05, 0) is 37.6 Å². The van der Waals surface area contributed by atoms with Gasteiger partial charge in [0.15, 0.2) is 0 Å². The van der Waals surface area contributed by atoms with Gasteiger partial charge in [-0.25, -0.2) is 0 Å². The molecule has 2 aromatic carbocycles. The van der Waals surface area contributed by atoms with E-state index in [0.29, 0.717) is 30.5 Å². The monoisotopic (exact) mass is 377 g/mol. The molecule has 0 fully saturated rings. The number of rotatable bonds is 1. The van der Waals surface area contributed by atoms with Crippen molar-refractivity contribution >= 4 is 0 Å². The van der Waals surface area contributed by atoms with Crippen LogP contribution in [-0.2, 0) is 18.8 Å². The first-order valence-corrected chi connectivity index (χ1v) is 7.80. The molecule has 0 aliphatic carbocycles. The van der Waals surface area contributed by atoms with Crippen molar-refractivity contribution < 1.29 is 31.1 Å². The van der Waals surface area contributed by atoms with Crippen LogP contribution >= 0.6 is 0 Å². The maximum atomic E-state index is 13.3. The molecule has 0 saturated heterocycles. The summed E-state index contributed by atoms with van der Waals surface area (Å²) < 4.78 is 85.4. The summed E-state index contributed by atoms with van der Waals surface area (Å²) in [4.78, 5) is 0. The van der Waals surface area contributed by atoms with E-state index in [1.165, 1.54) is 19.2 Å². The second kappa shape index (κ2) is 7.57. The number of ether oxygens (including phenoxy) is 1. The fourth-order valence-electron chi connectivity index (χ4n) is 2.90. The lowest BCUT2D eigenvalue weighted by molar-refractivity contribution is -0.142. The number of benzene rings is 2.